The van der Waals surface area contributed by atoms with Crippen LogP contribution >= 0.6 is 0 Å². The summed E-state index contributed by atoms with van der Waals surface area (Å²) in [5.41, 5.74) is 2.25. The summed E-state index contributed by atoms with van der Waals surface area (Å²) in [4.78, 5) is 14.5. The molecular formula is C22H24N2O5S. The van der Waals surface area contributed by atoms with Gasteiger partial charge in [-0.3, -0.25) is 4.79 Å². The van der Waals surface area contributed by atoms with Gasteiger partial charge in [0.1, 0.15) is 11.3 Å². The van der Waals surface area contributed by atoms with E-state index in [9.17, 15) is 13.2 Å². The lowest BCUT2D eigenvalue weighted by Gasteiger charge is -2.34. The molecule has 0 radical (unpaired) electrons. The number of ether oxygens (including phenoxy) is 1. The maximum Gasteiger partial charge on any atom is 0.227 e. The molecule has 2 aromatic carbocycles. The van der Waals surface area contributed by atoms with Crippen molar-refractivity contribution in [3.8, 4) is 5.75 Å². The van der Waals surface area contributed by atoms with E-state index >= 15 is 0 Å². The fraction of sp³-hybridized carbons (Fsp3) is 0.318. The molecule has 0 unspecified atom stereocenters. The number of nitrogens with zero attached hydrogens (tertiary/aromatic N) is 2. The fourth-order valence-electron chi connectivity index (χ4n) is 3.69. The number of carbonyl (C=O) groups excluding carboxylic acids is 1. The molecule has 7 nitrogen and oxygen atoms in total. The smallest absolute Gasteiger partial charge is 0.227 e. The average molecular weight is 429 g/mol. The molecule has 30 heavy (non-hydrogen) atoms. The zero-order valence-corrected chi connectivity index (χ0v) is 17.6. The second-order valence-electron chi connectivity index (χ2n) is 7.32. The zero-order chi connectivity index (χ0) is 21.1. The van der Waals surface area contributed by atoms with Crippen molar-refractivity contribution in [1.29, 1.82) is 0 Å². The van der Waals surface area contributed by atoms with Crippen LogP contribution in [0.2, 0.25) is 0 Å². The maximum atomic E-state index is 12.8. The summed E-state index contributed by atoms with van der Waals surface area (Å²) in [6.07, 6.45) is 1.82. The Balaban J connectivity index is 1.36. The lowest BCUT2D eigenvalue weighted by atomic mass is 10.1. The highest BCUT2D eigenvalue weighted by Gasteiger charge is 2.29. The van der Waals surface area contributed by atoms with E-state index < -0.39 is 10.0 Å². The highest BCUT2D eigenvalue weighted by Crippen LogP contribution is 2.26. The Labute approximate surface area is 175 Å². The second-order valence-corrected chi connectivity index (χ2v) is 9.29. The van der Waals surface area contributed by atoms with Crippen LogP contribution in [0.15, 0.2) is 59.2 Å². The van der Waals surface area contributed by atoms with Gasteiger partial charge in [-0.1, -0.05) is 30.3 Å². The Hall–Kier alpha value is -2.84. The van der Waals surface area contributed by atoms with Crippen molar-refractivity contribution in [2.24, 2.45) is 0 Å². The summed E-state index contributed by atoms with van der Waals surface area (Å²) in [6.45, 7) is 1.39. The number of rotatable bonds is 6. The number of furan rings is 1. The molecule has 0 bridgehead atoms. The van der Waals surface area contributed by atoms with Gasteiger partial charge in [0.25, 0.3) is 0 Å². The van der Waals surface area contributed by atoms with Gasteiger partial charge >= 0.3 is 0 Å². The van der Waals surface area contributed by atoms with Gasteiger partial charge < -0.3 is 14.1 Å². The van der Waals surface area contributed by atoms with E-state index in [0.29, 0.717) is 37.5 Å². The van der Waals surface area contributed by atoms with Crippen molar-refractivity contribution in [3.63, 3.8) is 0 Å². The summed E-state index contributed by atoms with van der Waals surface area (Å²) in [7, 11) is -1.81. The van der Waals surface area contributed by atoms with Gasteiger partial charge in [0, 0.05) is 43.2 Å². The molecule has 4 rings (SSSR count). The van der Waals surface area contributed by atoms with E-state index in [1.807, 2.05) is 42.5 Å². The summed E-state index contributed by atoms with van der Waals surface area (Å²) in [6, 6.07) is 14.6. The largest absolute Gasteiger partial charge is 0.497 e. The number of hydrogen-bond donors (Lipinski definition) is 0. The zero-order valence-electron chi connectivity index (χ0n) is 16.8. The fourth-order valence-corrected chi connectivity index (χ4v) is 5.21. The number of hydrogen-bond acceptors (Lipinski definition) is 5. The van der Waals surface area contributed by atoms with E-state index in [2.05, 4.69) is 0 Å². The number of piperazine rings is 1. The second kappa shape index (κ2) is 8.49. The van der Waals surface area contributed by atoms with Crippen LogP contribution in [0, 0.1) is 0 Å². The molecule has 1 aliphatic rings. The van der Waals surface area contributed by atoms with E-state index in [-0.39, 0.29) is 18.1 Å². The molecule has 3 aromatic rings. The van der Waals surface area contributed by atoms with Crippen molar-refractivity contribution in [1.82, 2.24) is 9.21 Å². The standard InChI is InChI=1S/C22H24N2O5S/c1-28-19-7-8-20-18(15-29-21(20)14-19)13-22(25)23-9-11-24(12-10-23)30(26,27)16-17-5-3-2-4-6-17/h2-8,14-15H,9-13,16H2,1H3. The number of amides is 1. The van der Waals surface area contributed by atoms with Crippen molar-refractivity contribution in [2.45, 2.75) is 12.2 Å². The Morgan fingerprint density at radius 2 is 1.80 bits per heavy atom. The summed E-state index contributed by atoms with van der Waals surface area (Å²) in [5.74, 6) is 0.642. The van der Waals surface area contributed by atoms with Gasteiger partial charge in [-0.05, 0) is 17.7 Å². The highest BCUT2D eigenvalue weighted by molar-refractivity contribution is 7.88. The Morgan fingerprint density at radius 3 is 2.50 bits per heavy atom. The molecule has 2 heterocycles. The summed E-state index contributed by atoms with van der Waals surface area (Å²) in [5, 5.41) is 0.883. The molecule has 1 amide bonds. The first-order valence-corrected chi connectivity index (χ1v) is 11.4. The number of fused-ring (bicyclic) bond motifs is 1. The minimum atomic E-state index is -3.40. The van der Waals surface area contributed by atoms with Crippen molar-refractivity contribution >= 4 is 26.9 Å². The number of methoxy groups -OCH3 is 1. The molecule has 1 aromatic heterocycles. The van der Waals surface area contributed by atoms with Crippen molar-refractivity contribution in [2.75, 3.05) is 33.3 Å². The van der Waals surface area contributed by atoms with Crippen LogP contribution < -0.4 is 4.74 Å². The van der Waals surface area contributed by atoms with Crippen LogP contribution in [0.3, 0.4) is 0 Å². The molecule has 0 spiro atoms. The third-order valence-electron chi connectivity index (χ3n) is 5.38. The minimum absolute atomic E-state index is 0.0216. The average Bonchev–Trinajstić information content (AvgIpc) is 3.16. The monoisotopic (exact) mass is 428 g/mol. The van der Waals surface area contributed by atoms with Crippen molar-refractivity contribution < 1.29 is 22.4 Å². The SMILES string of the molecule is COc1ccc2c(CC(=O)N3CCN(S(=O)(=O)Cc4ccccc4)CC3)coc2c1. The predicted molar refractivity (Wildman–Crippen MR) is 114 cm³/mol. The molecule has 0 N–H and O–H groups in total. The third kappa shape index (κ3) is 4.34. The maximum absolute atomic E-state index is 12.8. The van der Waals surface area contributed by atoms with Gasteiger partial charge in [-0.15, -0.1) is 0 Å². The van der Waals surface area contributed by atoms with Gasteiger partial charge in [0.2, 0.25) is 15.9 Å². The first-order chi connectivity index (χ1) is 14.5. The molecular weight excluding hydrogens is 404 g/mol. The van der Waals surface area contributed by atoms with Gasteiger partial charge in [-0.25, -0.2) is 8.42 Å². The highest BCUT2D eigenvalue weighted by atomic mass is 32.2. The van der Waals surface area contributed by atoms with E-state index in [1.54, 1.807) is 24.3 Å². The van der Waals surface area contributed by atoms with Crippen LogP contribution in [0.25, 0.3) is 11.0 Å². The van der Waals surface area contributed by atoms with E-state index in [0.717, 1.165) is 16.5 Å². The first kappa shape index (κ1) is 20.4. The molecule has 1 aliphatic heterocycles. The number of carbonyl (C=O) groups is 1. The summed E-state index contributed by atoms with van der Waals surface area (Å²) >= 11 is 0. The molecule has 0 atom stereocenters. The van der Waals surface area contributed by atoms with E-state index in [1.165, 1.54) is 4.31 Å². The Kier molecular flexibility index (Phi) is 5.78. The Bertz CT molecular complexity index is 1130. The lowest BCUT2D eigenvalue weighted by Crippen LogP contribution is -2.51. The minimum Gasteiger partial charge on any atom is -0.497 e. The molecule has 158 valence electrons. The normalized spacial score (nSPS) is 15.4. The van der Waals surface area contributed by atoms with Crippen LogP contribution in [0.5, 0.6) is 5.75 Å². The molecule has 1 saturated heterocycles. The van der Waals surface area contributed by atoms with Gasteiger partial charge in [-0.2, -0.15) is 4.31 Å². The van der Waals surface area contributed by atoms with Crippen LogP contribution in [-0.4, -0.2) is 56.8 Å². The molecule has 0 saturated carbocycles. The number of benzene rings is 2. The molecule has 8 heteroatoms. The van der Waals surface area contributed by atoms with Crippen molar-refractivity contribution in [3.05, 3.63) is 65.9 Å². The summed E-state index contributed by atoms with van der Waals surface area (Å²) < 4.78 is 37.6. The van der Waals surface area contributed by atoms with Gasteiger partial charge in [0.05, 0.1) is 25.5 Å². The number of sulfonamides is 1. The predicted octanol–water partition coefficient (Wildman–Crippen LogP) is 2.66. The molecule has 1 fully saturated rings. The topological polar surface area (TPSA) is 80.1 Å². The quantitative estimate of drug-likeness (QED) is 0.603. The third-order valence-corrected chi connectivity index (χ3v) is 7.23. The lowest BCUT2D eigenvalue weighted by molar-refractivity contribution is -0.131. The van der Waals surface area contributed by atoms with E-state index in [4.69, 9.17) is 9.15 Å². The van der Waals surface area contributed by atoms with Crippen LogP contribution in [0.1, 0.15) is 11.1 Å². The first-order valence-electron chi connectivity index (χ1n) is 9.80. The van der Waals surface area contributed by atoms with Gasteiger partial charge in [0.15, 0.2) is 0 Å². The molecule has 0 aliphatic carbocycles. The van der Waals surface area contributed by atoms with Crippen LogP contribution in [-0.2, 0) is 27.0 Å². The Morgan fingerprint density at radius 1 is 1.07 bits per heavy atom. The van der Waals surface area contributed by atoms with Crippen LogP contribution in [0.4, 0.5) is 0 Å².